The molecule has 0 aliphatic carbocycles. The summed E-state index contributed by atoms with van der Waals surface area (Å²) in [5.74, 6) is -20.3. The first kappa shape index (κ1) is 18.3. The largest absolute Gasteiger partial charge is 0.460 e. The van der Waals surface area contributed by atoms with Crippen molar-refractivity contribution >= 4 is 0 Å². The van der Waals surface area contributed by atoms with E-state index in [1.807, 2.05) is 0 Å². The van der Waals surface area contributed by atoms with Crippen LogP contribution in [0.4, 0.5) is 39.5 Å². The molecule has 0 heterocycles. The van der Waals surface area contributed by atoms with Gasteiger partial charge in [-0.15, -0.1) is 0 Å². The Morgan fingerprint density at radius 1 is 0.842 bits per heavy atom. The monoisotopic (exact) mass is 306 g/mol. The number of rotatable bonds is 6. The van der Waals surface area contributed by atoms with Gasteiger partial charge in [0.2, 0.25) is 0 Å². The van der Waals surface area contributed by atoms with E-state index in [9.17, 15) is 39.5 Å². The van der Waals surface area contributed by atoms with Crippen molar-refractivity contribution in [1.82, 2.24) is 0 Å². The van der Waals surface area contributed by atoms with Crippen LogP contribution in [0.1, 0.15) is 19.8 Å². The van der Waals surface area contributed by atoms with Crippen LogP contribution in [0.3, 0.4) is 0 Å². The Balaban J connectivity index is 5.27. The predicted molar refractivity (Wildman–Crippen MR) is 46.4 cm³/mol. The van der Waals surface area contributed by atoms with E-state index in [1.165, 1.54) is 0 Å². The lowest BCUT2D eigenvalue weighted by Crippen LogP contribution is -2.61. The fourth-order valence-electron chi connectivity index (χ4n) is 1.30. The van der Waals surface area contributed by atoms with E-state index in [1.54, 1.807) is 0 Å². The van der Waals surface area contributed by atoms with Gasteiger partial charge in [0, 0.05) is 13.0 Å². The van der Waals surface area contributed by atoms with Crippen molar-refractivity contribution in [2.75, 3.05) is 6.61 Å². The Hall–Kier alpha value is -0.670. The van der Waals surface area contributed by atoms with Gasteiger partial charge in [0.15, 0.2) is 0 Å². The molecule has 0 spiro atoms. The molecule has 0 bridgehead atoms. The summed E-state index contributed by atoms with van der Waals surface area (Å²) in [6.45, 7) is 0.240. The molecule has 0 aromatic rings. The molecule has 0 fully saturated rings. The molecule has 0 radical (unpaired) electrons. The Labute approximate surface area is 102 Å². The maximum absolute atomic E-state index is 13.0. The number of hydrogen-bond acceptors (Lipinski definition) is 1. The molecule has 0 saturated carbocycles. The fraction of sp³-hybridized carbons (Fsp3) is 1.00. The molecule has 1 nitrogen and oxygen atoms in total. The van der Waals surface area contributed by atoms with Gasteiger partial charge in [-0.25, -0.2) is 0 Å². The van der Waals surface area contributed by atoms with Crippen molar-refractivity contribution in [2.45, 2.75) is 43.7 Å². The van der Waals surface area contributed by atoms with E-state index in [0.29, 0.717) is 0 Å². The van der Waals surface area contributed by atoms with E-state index in [2.05, 4.69) is 0 Å². The van der Waals surface area contributed by atoms with Gasteiger partial charge in [0.1, 0.15) is 0 Å². The minimum absolute atomic E-state index is 0.427. The summed E-state index contributed by atoms with van der Waals surface area (Å²) in [6.07, 6.45) is -9.12. The molecule has 116 valence electrons. The van der Waals surface area contributed by atoms with E-state index in [0.717, 1.165) is 6.92 Å². The maximum Gasteiger partial charge on any atom is 0.460 e. The zero-order valence-corrected chi connectivity index (χ0v) is 9.55. The Morgan fingerprint density at radius 2 is 1.26 bits per heavy atom. The van der Waals surface area contributed by atoms with Crippen LogP contribution < -0.4 is 0 Å². The molecule has 0 aromatic carbocycles. The number of aliphatic hydroxyl groups excluding tert-OH is 1. The molecule has 1 atom stereocenters. The van der Waals surface area contributed by atoms with Crippen LogP contribution in [0.15, 0.2) is 0 Å². The third-order valence-corrected chi connectivity index (χ3v) is 2.44. The van der Waals surface area contributed by atoms with Crippen LogP contribution in [0.5, 0.6) is 0 Å². The summed E-state index contributed by atoms with van der Waals surface area (Å²) in [5, 5.41) is 8.36. The third-order valence-electron chi connectivity index (χ3n) is 2.44. The van der Waals surface area contributed by atoms with Crippen molar-refractivity contribution < 1.29 is 44.6 Å². The first-order chi connectivity index (χ1) is 8.20. The molecule has 1 N–H and O–H groups in total. The number of halogens is 9. The fourth-order valence-corrected chi connectivity index (χ4v) is 1.30. The molecule has 0 aliphatic rings. The quantitative estimate of drug-likeness (QED) is 0.739. The minimum atomic E-state index is -6.84. The van der Waals surface area contributed by atoms with Gasteiger partial charge in [-0.3, -0.25) is 0 Å². The highest BCUT2D eigenvalue weighted by Crippen LogP contribution is 2.54. The highest BCUT2D eigenvalue weighted by Gasteiger charge is 2.81. The summed E-state index contributed by atoms with van der Waals surface area (Å²) < 4.78 is 112. The smallest absolute Gasteiger partial charge is 0.396 e. The van der Waals surface area contributed by atoms with Crippen molar-refractivity contribution in [3.63, 3.8) is 0 Å². The van der Waals surface area contributed by atoms with Crippen LogP contribution in [0.25, 0.3) is 0 Å². The first-order valence-corrected chi connectivity index (χ1v) is 5.01. The summed E-state index contributed by atoms with van der Waals surface area (Å²) in [7, 11) is 0. The Kier molecular flexibility index (Phi) is 5.18. The van der Waals surface area contributed by atoms with Crippen LogP contribution in [-0.4, -0.2) is 35.7 Å². The van der Waals surface area contributed by atoms with Crippen molar-refractivity contribution in [1.29, 1.82) is 0 Å². The van der Waals surface area contributed by atoms with Gasteiger partial charge in [-0.2, -0.15) is 39.5 Å². The van der Waals surface area contributed by atoms with Crippen LogP contribution in [0, 0.1) is 5.92 Å². The lowest BCUT2D eigenvalue weighted by atomic mass is 9.93. The summed E-state index contributed by atoms with van der Waals surface area (Å²) in [6, 6.07) is 0. The van der Waals surface area contributed by atoms with Gasteiger partial charge in [-0.1, -0.05) is 6.92 Å². The standard InChI is InChI=1S/C9H11F9O/c1-5(2-3-19)4-6(10,11)7(12,13)8(14,15)9(16,17)18/h5,19H,2-4H2,1H3. The lowest BCUT2D eigenvalue weighted by molar-refractivity contribution is -0.397. The van der Waals surface area contributed by atoms with E-state index < -0.39 is 49.3 Å². The maximum atomic E-state index is 13.0. The highest BCUT2D eigenvalue weighted by molar-refractivity contribution is 5.00. The lowest BCUT2D eigenvalue weighted by Gasteiger charge is -2.34. The molecule has 0 amide bonds. The highest BCUT2D eigenvalue weighted by atomic mass is 19.4. The molecule has 1 unspecified atom stereocenters. The number of alkyl halides is 9. The topological polar surface area (TPSA) is 20.2 Å². The number of aliphatic hydroxyl groups is 1. The minimum Gasteiger partial charge on any atom is -0.396 e. The van der Waals surface area contributed by atoms with Gasteiger partial charge in [0.25, 0.3) is 0 Å². The average molecular weight is 306 g/mol. The molecule has 0 saturated heterocycles. The molecule has 10 heteroatoms. The molecule has 19 heavy (non-hydrogen) atoms. The Morgan fingerprint density at radius 3 is 1.58 bits per heavy atom. The predicted octanol–water partition coefficient (Wildman–Crippen LogP) is 3.86. The average Bonchev–Trinajstić information content (AvgIpc) is 2.14. The SMILES string of the molecule is CC(CCO)CC(F)(F)C(F)(F)C(F)(F)C(F)(F)F. The van der Waals surface area contributed by atoms with Gasteiger partial charge < -0.3 is 5.11 Å². The van der Waals surface area contributed by atoms with Crippen molar-refractivity contribution in [3.8, 4) is 0 Å². The normalized spacial score (nSPS) is 16.6. The molecular weight excluding hydrogens is 295 g/mol. The zero-order chi connectivity index (χ0) is 15.7. The van der Waals surface area contributed by atoms with Crippen LogP contribution in [0.2, 0.25) is 0 Å². The van der Waals surface area contributed by atoms with Crippen molar-refractivity contribution in [3.05, 3.63) is 0 Å². The third kappa shape index (κ3) is 3.46. The second-order valence-corrected chi connectivity index (χ2v) is 4.17. The van der Waals surface area contributed by atoms with E-state index >= 15 is 0 Å². The van der Waals surface area contributed by atoms with E-state index in [4.69, 9.17) is 5.11 Å². The zero-order valence-electron chi connectivity index (χ0n) is 9.55. The molecule has 0 rings (SSSR count). The van der Waals surface area contributed by atoms with Gasteiger partial charge in [0.05, 0.1) is 0 Å². The first-order valence-electron chi connectivity index (χ1n) is 5.01. The van der Waals surface area contributed by atoms with Crippen LogP contribution >= 0.6 is 0 Å². The summed E-state index contributed by atoms with van der Waals surface area (Å²) in [5.41, 5.74) is 0. The van der Waals surface area contributed by atoms with E-state index in [-0.39, 0.29) is 0 Å². The molecule has 0 aromatic heterocycles. The van der Waals surface area contributed by atoms with Gasteiger partial charge in [-0.05, 0) is 12.3 Å². The number of hydrogen-bond donors (Lipinski definition) is 1. The van der Waals surface area contributed by atoms with Gasteiger partial charge >= 0.3 is 23.9 Å². The van der Waals surface area contributed by atoms with Crippen molar-refractivity contribution in [2.24, 2.45) is 5.92 Å². The molecular formula is C9H11F9O. The summed E-state index contributed by atoms with van der Waals surface area (Å²) >= 11 is 0. The molecule has 0 aliphatic heterocycles. The summed E-state index contributed by atoms with van der Waals surface area (Å²) in [4.78, 5) is 0. The Bertz CT molecular complexity index is 297. The second kappa shape index (κ2) is 5.37. The second-order valence-electron chi connectivity index (χ2n) is 4.17. The van der Waals surface area contributed by atoms with Crippen LogP contribution in [-0.2, 0) is 0 Å².